The third-order valence-electron chi connectivity index (χ3n) is 1.76. The van der Waals surface area contributed by atoms with Crippen LogP contribution in [-0.2, 0) is 0 Å². The number of hydrogen-bond acceptors (Lipinski definition) is 1. The minimum Gasteiger partial charge on any atom is -0.369 e. The van der Waals surface area contributed by atoms with Crippen LogP contribution in [-0.4, -0.2) is 30.9 Å². The van der Waals surface area contributed by atoms with Crippen molar-refractivity contribution in [2.75, 3.05) is 14.1 Å². The molecule has 0 radical (unpaired) electrons. The second kappa shape index (κ2) is 5.50. The Balaban J connectivity index is 2.85. The van der Waals surface area contributed by atoms with Gasteiger partial charge in [-0.1, -0.05) is 15.9 Å². The van der Waals surface area contributed by atoms with Crippen LogP contribution in [0.2, 0.25) is 0 Å². The van der Waals surface area contributed by atoms with Gasteiger partial charge in [-0.3, -0.25) is 0 Å². The molecule has 0 aromatic heterocycles. The van der Waals surface area contributed by atoms with Crippen molar-refractivity contribution in [3.63, 3.8) is 0 Å². The van der Waals surface area contributed by atoms with Gasteiger partial charge in [-0.25, -0.2) is 4.99 Å². The second-order valence-electron chi connectivity index (χ2n) is 3.31. The minimum absolute atomic E-state index is 0.133. The lowest BCUT2D eigenvalue weighted by Gasteiger charge is -2.09. The fraction of sp³-hybridized carbons (Fsp3) is 0.200. The Morgan fingerprint density at radius 2 is 1.75 bits per heavy atom. The number of nitrogens with two attached hydrogens (primary N) is 2. The summed E-state index contributed by atoms with van der Waals surface area (Å²) in [5, 5.41) is 0. The lowest BCUT2D eigenvalue weighted by molar-refractivity contribution is 0.615. The fourth-order valence-electron chi connectivity index (χ4n) is 0.890. The summed E-state index contributed by atoms with van der Waals surface area (Å²) in [6.07, 6.45) is 0. The Labute approximate surface area is 103 Å². The summed E-state index contributed by atoms with van der Waals surface area (Å²) < 4.78 is 0.987. The van der Waals surface area contributed by atoms with E-state index in [4.69, 9.17) is 11.5 Å². The average Bonchev–Trinajstić information content (AvgIpc) is 2.21. The van der Waals surface area contributed by atoms with Gasteiger partial charge in [0.15, 0.2) is 5.96 Å². The number of hydrogen-bond donors (Lipinski definition) is 2. The summed E-state index contributed by atoms with van der Waals surface area (Å²) in [5.41, 5.74) is 12.0. The van der Waals surface area contributed by atoms with Gasteiger partial charge < -0.3 is 16.4 Å². The highest BCUT2D eigenvalue weighted by Gasteiger charge is 1.96. The third-order valence-corrected chi connectivity index (χ3v) is 2.29. The third kappa shape index (κ3) is 3.90. The molecule has 0 atom stereocenters. The van der Waals surface area contributed by atoms with E-state index in [9.17, 15) is 0 Å². The molecule has 6 heteroatoms. The molecular formula is C10H14BrN5. The Morgan fingerprint density at radius 3 is 2.25 bits per heavy atom. The first-order chi connectivity index (χ1) is 7.49. The van der Waals surface area contributed by atoms with Crippen LogP contribution in [0.5, 0.6) is 0 Å². The number of guanidine groups is 2. The van der Waals surface area contributed by atoms with E-state index in [0.717, 1.165) is 10.2 Å². The summed E-state index contributed by atoms with van der Waals surface area (Å²) >= 11 is 3.34. The van der Waals surface area contributed by atoms with Crippen molar-refractivity contribution in [2.45, 2.75) is 0 Å². The van der Waals surface area contributed by atoms with Crippen LogP contribution in [0.25, 0.3) is 0 Å². The van der Waals surface area contributed by atoms with E-state index < -0.39 is 0 Å². The number of rotatable bonds is 1. The Morgan fingerprint density at radius 1 is 1.19 bits per heavy atom. The lowest BCUT2D eigenvalue weighted by Crippen LogP contribution is -2.32. The molecule has 1 rings (SSSR count). The van der Waals surface area contributed by atoms with Crippen molar-refractivity contribution >= 4 is 33.5 Å². The smallest absolute Gasteiger partial charge is 0.223 e. The SMILES string of the molecule is CN(C)C(N)=NC(N)=Nc1ccc(Br)cc1. The number of aliphatic imine (C=N–C) groups is 2. The van der Waals surface area contributed by atoms with Gasteiger partial charge >= 0.3 is 0 Å². The molecule has 1 aromatic rings. The van der Waals surface area contributed by atoms with Crippen LogP contribution in [0, 0.1) is 0 Å². The van der Waals surface area contributed by atoms with Crippen LogP contribution in [0.1, 0.15) is 0 Å². The zero-order valence-electron chi connectivity index (χ0n) is 9.18. The van der Waals surface area contributed by atoms with Gasteiger partial charge in [0, 0.05) is 18.6 Å². The zero-order valence-corrected chi connectivity index (χ0v) is 10.8. The molecule has 0 fully saturated rings. The highest BCUT2D eigenvalue weighted by molar-refractivity contribution is 9.10. The maximum atomic E-state index is 5.63. The first-order valence-corrected chi connectivity index (χ1v) is 5.39. The molecule has 0 amide bonds. The first kappa shape index (κ1) is 12.5. The monoisotopic (exact) mass is 283 g/mol. The highest BCUT2D eigenvalue weighted by Crippen LogP contribution is 2.16. The topological polar surface area (TPSA) is 80.0 Å². The fourth-order valence-corrected chi connectivity index (χ4v) is 1.15. The predicted molar refractivity (Wildman–Crippen MR) is 70.7 cm³/mol. The summed E-state index contributed by atoms with van der Waals surface area (Å²) in [6, 6.07) is 7.42. The highest BCUT2D eigenvalue weighted by atomic mass is 79.9. The lowest BCUT2D eigenvalue weighted by atomic mass is 10.3. The number of halogens is 1. The average molecular weight is 284 g/mol. The molecule has 0 bridgehead atoms. The van der Waals surface area contributed by atoms with E-state index in [1.54, 1.807) is 19.0 Å². The Hall–Kier alpha value is -1.56. The molecule has 5 nitrogen and oxygen atoms in total. The molecule has 0 saturated carbocycles. The molecule has 16 heavy (non-hydrogen) atoms. The van der Waals surface area contributed by atoms with Crippen molar-refractivity contribution < 1.29 is 0 Å². The normalized spacial score (nSPS) is 12.7. The molecule has 86 valence electrons. The summed E-state index contributed by atoms with van der Waals surface area (Å²) in [7, 11) is 3.57. The van der Waals surface area contributed by atoms with Crippen molar-refractivity contribution in [3.05, 3.63) is 28.7 Å². The van der Waals surface area contributed by atoms with Gasteiger partial charge in [0.05, 0.1) is 5.69 Å². The summed E-state index contributed by atoms with van der Waals surface area (Å²) in [5.74, 6) is 0.451. The van der Waals surface area contributed by atoms with E-state index in [1.807, 2.05) is 24.3 Å². The molecule has 0 heterocycles. The summed E-state index contributed by atoms with van der Waals surface area (Å²) in [6.45, 7) is 0. The van der Waals surface area contributed by atoms with Gasteiger partial charge in [0.25, 0.3) is 0 Å². The van der Waals surface area contributed by atoms with Gasteiger partial charge in [0.2, 0.25) is 5.96 Å². The van der Waals surface area contributed by atoms with Crippen LogP contribution in [0.15, 0.2) is 38.7 Å². The number of benzene rings is 1. The van der Waals surface area contributed by atoms with Crippen molar-refractivity contribution in [2.24, 2.45) is 21.5 Å². The molecule has 0 spiro atoms. The van der Waals surface area contributed by atoms with Gasteiger partial charge in [-0.15, -0.1) is 0 Å². The van der Waals surface area contributed by atoms with Gasteiger partial charge in [0.1, 0.15) is 0 Å². The largest absolute Gasteiger partial charge is 0.369 e. The van der Waals surface area contributed by atoms with Crippen molar-refractivity contribution in [1.82, 2.24) is 4.90 Å². The van der Waals surface area contributed by atoms with Crippen LogP contribution < -0.4 is 11.5 Å². The van der Waals surface area contributed by atoms with Gasteiger partial charge in [-0.2, -0.15) is 4.99 Å². The Bertz CT molecular complexity index is 408. The minimum atomic E-state index is 0.133. The molecule has 0 aliphatic heterocycles. The standard InChI is InChI=1S/C10H14BrN5/c1-16(2)10(13)15-9(12)14-8-5-3-7(11)4-6-8/h3-6H,1-2H3,(H4,12,13,14,15). The molecule has 1 aromatic carbocycles. The molecule has 0 aliphatic carbocycles. The Kier molecular flexibility index (Phi) is 4.30. The zero-order chi connectivity index (χ0) is 12.1. The molecule has 0 aliphatic rings. The van der Waals surface area contributed by atoms with Crippen LogP contribution in [0.4, 0.5) is 5.69 Å². The van der Waals surface area contributed by atoms with Crippen LogP contribution >= 0.6 is 15.9 Å². The second-order valence-corrected chi connectivity index (χ2v) is 4.23. The van der Waals surface area contributed by atoms with E-state index >= 15 is 0 Å². The predicted octanol–water partition coefficient (Wildman–Crippen LogP) is 1.27. The molecule has 0 unspecified atom stereocenters. The van der Waals surface area contributed by atoms with Gasteiger partial charge in [-0.05, 0) is 24.3 Å². The van der Waals surface area contributed by atoms with Crippen molar-refractivity contribution in [3.8, 4) is 0 Å². The maximum absolute atomic E-state index is 5.63. The molecule has 4 N–H and O–H groups in total. The molecule has 0 saturated heterocycles. The summed E-state index contributed by atoms with van der Waals surface area (Å²) in [4.78, 5) is 9.69. The maximum Gasteiger partial charge on any atom is 0.223 e. The van der Waals surface area contributed by atoms with E-state index in [0.29, 0.717) is 5.96 Å². The van der Waals surface area contributed by atoms with Crippen molar-refractivity contribution in [1.29, 1.82) is 0 Å². The number of nitrogens with zero attached hydrogens (tertiary/aromatic N) is 3. The molecular weight excluding hydrogens is 270 g/mol. The van der Waals surface area contributed by atoms with Crippen LogP contribution in [0.3, 0.4) is 0 Å². The van der Waals surface area contributed by atoms with E-state index in [2.05, 4.69) is 25.9 Å². The van der Waals surface area contributed by atoms with E-state index in [-0.39, 0.29) is 5.96 Å². The quantitative estimate of drug-likeness (QED) is 0.602. The first-order valence-electron chi connectivity index (χ1n) is 4.60. The van der Waals surface area contributed by atoms with E-state index in [1.165, 1.54) is 0 Å².